The maximum atomic E-state index is 12.6. The second kappa shape index (κ2) is 8.23. The van der Waals surface area contributed by atoms with Crippen LogP contribution in [0.2, 0.25) is 0 Å². The van der Waals surface area contributed by atoms with Crippen LogP contribution in [0.3, 0.4) is 0 Å². The Labute approximate surface area is 170 Å². The number of ether oxygens (including phenoxy) is 3. The molecular formula is C20H26N2O6S. The average Bonchev–Trinajstić information content (AvgIpc) is 3.11. The van der Waals surface area contributed by atoms with Crippen LogP contribution >= 0.6 is 0 Å². The normalized spacial score (nSPS) is 24.0. The van der Waals surface area contributed by atoms with Crippen molar-refractivity contribution >= 4 is 21.8 Å². The summed E-state index contributed by atoms with van der Waals surface area (Å²) in [4.78, 5) is 16.6. The van der Waals surface area contributed by atoms with Crippen molar-refractivity contribution in [3.8, 4) is 17.2 Å². The number of benzene rings is 1. The Morgan fingerprint density at radius 3 is 2.62 bits per heavy atom. The van der Waals surface area contributed by atoms with Crippen molar-refractivity contribution in [3.05, 3.63) is 23.8 Å². The molecule has 0 bridgehead atoms. The first-order valence-corrected chi connectivity index (χ1v) is 11.7. The van der Waals surface area contributed by atoms with Gasteiger partial charge >= 0.3 is 0 Å². The lowest BCUT2D eigenvalue weighted by Gasteiger charge is -2.37. The molecule has 9 heteroatoms. The standard InChI is InChI=1S/C20H26N2O6S/c1-26-17-12-15(13-18-20(17)28-10-9-27-18)2-3-19(23)22-7-5-21(6-8-22)16-4-11-29(24,25)14-16/h2-3,12-13,16H,4-11,14H2,1H3/b3-2+/t16-/m0/s1. The fourth-order valence-corrected chi connectivity index (χ4v) is 5.79. The van der Waals surface area contributed by atoms with E-state index in [9.17, 15) is 13.2 Å². The van der Waals surface area contributed by atoms with E-state index < -0.39 is 9.84 Å². The number of hydrogen-bond acceptors (Lipinski definition) is 7. The minimum absolute atomic E-state index is 0.0578. The molecule has 3 aliphatic rings. The lowest BCUT2D eigenvalue weighted by molar-refractivity contribution is -0.127. The highest BCUT2D eigenvalue weighted by Crippen LogP contribution is 2.40. The van der Waals surface area contributed by atoms with Crippen LogP contribution < -0.4 is 14.2 Å². The fraction of sp³-hybridized carbons (Fsp3) is 0.550. The smallest absolute Gasteiger partial charge is 0.246 e. The Morgan fingerprint density at radius 2 is 1.93 bits per heavy atom. The fourth-order valence-electron chi connectivity index (χ4n) is 4.03. The number of rotatable bonds is 4. The SMILES string of the molecule is COc1cc(/C=C/C(=O)N2CCN([C@H]3CCS(=O)(=O)C3)CC2)cc2c1OCCO2. The van der Waals surface area contributed by atoms with Crippen molar-refractivity contribution in [2.24, 2.45) is 0 Å². The summed E-state index contributed by atoms with van der Waals surface area (Å²) < 4.78 is 40.0. The molecule has 0 spiro atoms. The molecule has 2 saturated heterocycles. The molecule has 3 aliphatic heterocycles. The molecule has 0 N–H and O–H groups in total. The van der Waals surface area contributed by atoms with E-state index in [1.807, 2.05) is 12.1 Å². The third-order valence-electron chi connectivity index (χ3n) is 5.62. The Balaban J connectivity index is 1.36. The summed E-state index contributed by atoms with van der Waals surface area (Å²) in [5, 5.41) is 0. The van der Waals surface area contributed by atoms with Gasteiger partial charge in [0.1, 0.15) is 13.2 Å². The van der Waals surface area contributed by atoms with Crippen molar-refractivity contribution < 1.29 is 27.4 Å². The van der Waals surface area contributed by atoms with Gasteiger partial charge < -0.3 is 19.1 Å². The summed E-state index contributed by atoms with van der Waals surface area (Å²) in [6, 6.07) is 3.74. The molecule has 0 radical (unpaired) electrons. The van der Waals surface area contributed by atoms with E-state index in [2.05, 4.69) is 4.90 Å². The molecule has 2 fully saturated rings. The van der Waals surface area contributed by atoms with Crippen molar-refractivity contribution in [3.63, 3.8) is 0 Å². The lowest BCUT2D eigenvalue weighted by Crippen LogP contribution is -2.52. The minimum atomic E-state index is -2.89. The first-order valence-electron chi connectivity index (χ1n) is 9.84. The quantitative estimate of drug-likeness (QED) is 0.664. The molecule has 4 rings (SSSR count). The van der Waals surface area contributed by atoms with Crippen molar-refractivity contribution in [2.45, 2.75) is 12.5 Å². The number of amides is 1. The van der Waals surface area contributed by atoms with Gasteiger partial charge in [-0.15, -0.1) is 0 Å². The molecule has 29 heavy (non-hydrogen) atoms. The second-order valence-electron chi connectivity index (χ2n) is 7.50. The van der Waals surface area contributed by atoms with Gasteiger partial charge in [-0.05, 0) is 30.2 Å². The highest BCUT2D eigenvalue weighted by atomic mass is 32.2. The summed E-state index contributed by atoms with van der Waals surface area (Å²) >= 11 is 0. The zero-order chi connectivity index (χ0) is 20.4. The van der Waals surface area contributed by atoms with Gasteiger partial charge in [-0.25, -0.2) is 8.42 Å². The number of carbonyl (C=O) groups excluding carboxylic acids is 1. The Bertz CT molecular complexity index is 889. The van der Waals surface area contributed by atoms with Crippen LogP contribution in [0.25, 0.3) is 6.08 Å². The van der Waals surface area contributed by atoms with Gasteiger partial charge in [-0.2, -0.15) is 0 Å². The highest BCUT2D eigenvalue weighted by molar-refractivity contribution is 7.91. The molecule has 8 nitrogen and oxygen atoms in total. The van der Waals surface area contributed by atoms with Gasteiger partial charge in [0.15, 0.2) is 21.3 Å². The highest BCUT2D eigenvalue weighted by Gasteiger charge is 2.34. The molecule has 0 aromatic heterocycles. The van der Waals surface area contributed by atoms with E-state index in [4.69, 9.17) is 14.2 Å². The largest absolute Gasteiger partial charge is 0.493 e. The summed E-state index contributed by atoms with van der Waals surface area (Å²) in [6.07, 6.45) is 4.00. The van der Waals surface area contributed by atoms with Crippen LogP contribution in [0.5, 0.6) is 17.2 Å². The summed E-state index contributed by atoms with van der Waals surface area (Å²) in [6.45, 7) is 3.58. The Hall–Kier alpha value is -2.26. The van der Waals surface area contributed by atoms with Gasteiger partial charge in [0, 0.05) is 38.3 Å². The van der Waals surface area contributed by atoms with Crippen LogP contribution in [0.15, 0.2) is 18.2 Å². The summed E-state index contributed by atoms with van der Waals surface area (Å²) in [5.74, 6) is 2.24. The molecule has 1 aromatic rings. The van der Waals surface area contributed by atoms with Gasteiger partial charge in [0.05, 0.1) is 18.6 Å². The molecule has 1 amide bonds. The van der Waals surface area contributed by atoms with Gasteiger partial charge in [-0.3, -0.25) is 9.69 Å². The number of sulfone groups is 1. The number of fused-ring (bicyclic) bond motifs is 1. The number of methoxy groups -OCH3 is 1. The van der Waals surface area contributed by atoms with E-state index >= 15 is 0 Å². The van der Waals surface area contributed by atoms with E-state index in [0.29, 0.717) is 63.1 Å². The van der Waals surface area contributed by atoms with Gasteiger partial charge in [0.2, 0.25) is 11.7 Å². The number of nitrogens with zero attached hydrogens (tertiary/aromatic N) is 2. The molecule has 0 aliphatic carbocycles. The first kappa shape index (κ1) is 20.0. The van der Waals surface area contributed by atoms with E-state index in [1.165, 1.54) is 0 Å². The van der Waals surface area contributed by atoms with Crippen LogP contribution in [0.1, 0.15) is 12.0 Å². The third kappa shape index (κ3) is 4.51. The topological polar surface area (TPSA) is 85.4 Å². The molecule has 0 unspecified atom stereocenters. The van der Waals surface area contributed by atoms with Crippen molar-refractivity contribution in [2.75, 3.05) is 58.0 Å². The van der Waals surface area contributed by atoms with Crippen molar-refractivity contribution in [1.82, 2.24) is 9.80 Å². The van der Waals surface area contributed by atoms with Crippen LogP contribution in [0, 0.1) is 0 Å². The van der Waals surface area contributed by atoms with Crippen LogP contribution in [-0.2, 0) is 14.6 Å². The number of carbonyl (C=O) groups is 1. The third-order valence-corrected chi connectivity index (χ3v) is 7.37. The first-order chi connectivity index (χ1) is 13.9. The number of piperazine rings is 1. The van der Waals surface area contributed by atoms with Crippen LogP contribution in [-0.4, -0.2) is 88.2 Å². The predicted octanol–water partition coefficient (Wildman–Crippen LogP) is 0.811. The molecule has 1 atom stereocenters. The van der Waals surface area contributed by atoms with E-state index in [1.54, 1.807) is 24.2 Å². The minimum Gasteiger partial charge on any atom is -0.493 e. The maximum Gasteiger partial charge on any atom is 0.246 e. The zero-order valence-corrected chi connectivity index (χ0v) is 17.3. The summed E-state index contributed by atoms with van der Waals surface area (Å²) in [7, 11) is -1.32. The molecular weight excluding hydrogens is 396 g/mol. The average molecular weight is 423 g/mol. The van der Waals surface area contributed by atoms with E-state index in [-0.39, 0.29) is 23.5 Å². The van der Waals surface area contributed by atoms with Gasteiger partial charge in [0.25, 0.3) is 0 Å². The predicted molar refractivity (Wildman–Crippen MR) is 108 cm³/mol. The molecule has 3 heterocycles. The zero-order valence-electron chi connectivity index (χ0n) is 16.5. The summed E-state index contributed by atoms with van der Waals surface area (Å²) in [5.41, 5.74) is 0.800. The molecule has 158 valence electrons. The maximum absolute atomic E-state index is 12.6. The Morgan fingerprint density at radius 1 is 1.17 bits per heavy atom. The monoisotopic (exact) mass is 422 g/mol. The molecule has 0 saturated carbocycles. The lowest BCUT2D eigenvalue weighted by atomic mass is 10.1. The van der Waals surface area contributed by atoms with Gasteiger partial charge in [-0.1, -0.05) is 0 Å². The van der Waals surface area contributed by atoms with Crippen LogP contribution in [0.4, 0.5) is 0 Å². The molecule has 1 aromatic carbocycles. The second-order valence-corrected chi connectivity index (χ2v) is 9.73. The number of hydrogen-bond donors (Lipinski definition) is 0. The van der Waals surface area contributed by atoms with Crippen molar-refractivity contribution in [1.29, 1.82) is 0 Å². The Kier molecular flexibility index (Phi) is 5.69. The van der Waals surface area contributed by atoms with E-state index in [0.717, 1.165) is 5.56 Å².